The van der Waals surface area contributed by atoms with Crippen LogP contribution in [0.25, 0.3) is 0 Å². The fourth-order valence-corrected chi connectivity index (χ4v) is 7.07. The monoisotopic (exact) mass is 555 g/mol. The molecule has 1 fully saturated rings. The van der Waals surface area contributed by atoms with Gasteiger partial charge >= 0.3 is 0 Å². The fourth-order valence-electron chi connectivity index (χ4n) is 4.36. The number of hydrogen-bond acceptors (Lipinski definition) is 5. The van der Waals surface area contributed by atoms with Gasteiger partial charge in [0.1, 0.15) is 6.04 Å². The molecule has 0 bridgehead atoms. The van der Waals surface area contributed by atoms with Crippen molar-refractivity contribution >= 4 is 26.0 Å². The van der Waals surface area contributed by atoms with Crippen LogP contribution in [-0.4, -0.2) is 46.2 Å². The number of amides is 1. The number of carbonyl (C=O) groups is 1. The highest BCUT2D eigenvalue weighted by molar-refractivity contribution is 7.89. The molecule has 0 unspecified atom stereocenters. The van der Waals surface area contributed by atoms with Crippen molar-refractivity contribution in [3.8, 4) is 0 Å². The highest BCUT2D eigenvalue weighted by Crippen LogP contribution is 2.21. The second-order valence-corrected chi connectivity index (χ2v) is 13.2. The van der Waals surface area contributed by atoms with Crippen LogP contribution < -0.4 is 10.0 Å². The van der Waals surface area contributed by atoms with E-state index in [2.05, 4.69) is 10.0 Å². The summed E-state index contributed by atoms with van der Waals surface area (Å²) in [4.78, 5) is 13.5. The number of nitrogens with one attached hydrogen (secondary N) is 2. The molecule has 0 aromatic heterocycles. The van der Waals surface area contributed by atoms with Crippen molar-refractivity contribution in [1.29, 1.82) is 0 Å². The SMILES string of the molecule is Cc1ccc(S(=O)(=O)N[C@H](Cc2ccccc2)C(=O)NCc2ccc(S(=O)(=O)N3CCCCC3)cc2)cc1. The second kappa shape index (κ2) is 12.2. The molecule has 2 N–H and O–H groups in total. The van der Waals surface area contributed by atoms with Crippen molar-refractivity contribution in [2.75, 3.05) is 13.1 Å². The summed E-state index contributed by atoms with van der Waals surface area (Å²) in [7, 11) is -7.48. The molecule has 0 spiro atoms. The largest absolute Gasteiger partial charge is 0.351 e. The Labute approximate surface area is 225 Å². The number of benzene rings is 3. The van der Waals surface area contributed by atoms with Crippen LogP contribution in [0.4, 0.5) is 0 Å². The van der Waals surface area contributed by atoms with E-state index < -0.39 is 32.0 Å². The average Bonchev–Trinajstić information content (AvgIpc) is 2.93. The normalized spacial score (nSPS) is 15.6. The third-order valence-electron chi connectivity index (χ3n) is 6.57. The number of nitrogens with zero attached hydrogens (tertiary/aromatic N) is 1. The zero-order valence-corrected chi connectivity index (χ0v) is 23.0. The number of rotatable bonds is 10. The smallest absolute Gasteiger partial charge is 0.243 e. The first-order chi connectivity index (χ1) is 18.1. The molecule has 1 amide bonds. The Kier molecular flexibility index (Phi) is 8.99. The van der Waals surface area contributed by atoms with E-state index in [1.165, 1.54) is 16.4 Å². The first-order valence-corrected chi connectivity index (χ1v) is 15.6. The lowest BCUT2D eigenvalue weighted by molar-refractivity contribution is -0.122. The van der Waals surface area contributed by atoms with Crippen molar-refractivity contribution in [2.45, 2.75) is 55.0 Å². The van der Waals surface area contributed by atoms with Gasteiger partial charge in [-0.15, -0.1) is 0 Å². The van der Waals surface area contributed by atoms with Gasteiger partial charge in [0.15, 0.2) is 0 Å². The predicted octanol–water partition coefficient (Wildman–Crippen LogP) is 3.38. The molecule has 0 saturated carbocycles. The molecule has 38 heavy (non-hydrogen) atoms. The summed E-state index contributed by atoms with van der Waals surface area (Å²) in [6, 6.07) is 21.0. The molecule has 0 aliphatic carbocycles. The van der Waals surface area contributed by atoms with E-state index in [0.717, 1.165) is 30.4 Å². The lowest BCUT2D eigenvalue weighted by Crippen LogP contribution is -2.47. The number of carbonyl (C=O) groups excluding carboxylic acids is 1. The molecular weight excluding hydrogens is 522 g/mol. The van der Waals surface area contributed by atoms with Crippen molar-refractivity contribution in [3.63, 3.8) is 0 Å². The third-order valence-corrected chi connectivity index (χ3v) is 9.97. The van der Waals surface area contributed by atoms with Gasteiger partial charge in [0.05, 0.1) is 9.79 Å². The van der Waals surface area contributed by atoms with Crippen LogP contribution in [0.2, 0.25) is 0 Å². The van der Waals surface area contributed by atoms with E-state index in [1.54, 1.807) is 36.4 Å². The summed E-state index contributed by atoms with van der Waals surface area (Å²) < 4.78 is 55.9. The molecule has 8 nitrogen and oxygen atoms in total. The van der Waals surface area contributed by atoms with Gasteiger partial charge in [-0.05, 0) is 61.6 Å². The number of sulfonamides is 2. The average molecular weight is 556 g/mol. The Morgan fingerprint density at radius 2 is 1.39 bits per heavy atom. The van der Waals surface area contributed by atoms with E-state index >= 15 is 0 Å². The maximum absolute atomic E-state index is 13.2. The summed E-state index contributed by atoms with van der Waals surface area (Å²) >= 11 is 0. The van der Waals surface area contributed by atoms with Gasteiger partial charge in [-0.2, -0.15) is 9.03 Å². The summed E-state index contributed by atoms with van der Waals surface area (Å²) in [5.41, 5.74) is 2.44. The molecule has 3 aromatic rings. The van der Waals surface area contributed by atoms with E-state index in [-0.39, 0.29) is 22.8 Å². The van der Waals surface area contributed by atoms with Gasteiger partial charge in [0.2, 0.25) is 26.0 Å². The summed E-state index contributed by atoms with van der Waals surface area (Å²) in [6.07, 6.45) is 2.93. The van der Waals surface area contributed by atoms with E-state index in [9.17, 15) is 21.6 Å². The van der Waals surface area contributed by atoms with Gasteiger partial charge in [0.25, 0.3) is 0 Å². The lowest BCUT2D eigenvalue weighted by atomic mass is 10.1. The summed E-state index contributed by atoms with van der Waals surface area (Å²) in [6.45, 7) is 3.05. The van der Waals surface area contributed by atoms with Crippen LogP contribution in [0.1, 0.15) is 36.0 Å². The molecule has 1 atom stereocenters. The summed E-state index contributed by atoms with van der Waals surface area (Å²) in [5, 5.41) is 2.80. The number of aryl methyl sites for hydroxylation is 1. The van der Waals surface area contributed by atoms with Crippen molar-refractivity contribution in [2.24, 2.45) is 0 Å². The zero-order chi connectivity index (χ0) is 27.2. The molecule has 1 heterocycles. The zero-order valence-electron chi connectivity index (χ0n) is 21.3. The number of hydrogen-bond donors (Lipinski definition) is 2. The van der Waals surface area contributed by atoms with Gasteiger partial charge in [-0.3, -0.25) is 4.79 Å². The Morgan fingerprint density at radius 3 is 2.03 bits per heavy atom. The molecule has 1 saturated heterocycles. The fraction of sp³-hybridized carbons (Fsp3) is 0.321. The standard InChI is InChI=1S/C28H33N3O5S2/c1-22-10-14-25(15-11-22)37(33,34)30-27(20-23-8-4-2-5-9-23)28(32)29-21-24-12-16-26(17-13-24)38(35,36)31-18-6-3-7-19-31/h2,4-5,8-17,27,30H,3,6-7,18-21H2,1H3,(H,29,32)/t27-/m1/s1. The molecule has 1 aliphatic heterocycles. The maximum atomic E-state index is 13.2. The van der Waals surface area contributed by atoms with Crippen LogP contribution >= 0.6 is 0 Å². The Morgan fingerprint density at radius 1 is 0.789 bits per heavy atom. The molecule has 0 radical (unpaired) electrons. The molecule has 10 heteroatoms. The maximum Gasteiger partial charge on any atom is 0.243 e. The molecule has 202 valence electrons. The van der Waals surface area contributed by atoms with Crippen molar-refractivity contribution < 1.29 is 21.6 Å². The predicted molar refractivity (Wildman–Crippen MR) is 146 cm³/mol. The van der Waals surface area contributed by atoms with Gasteiger partial charge in [-0.25, -0.2) is 16.8 Å². The lowest BCUT2D eigenvalue weighted by Gasteiger charge is -2.25. The molecule has 4 rings (SSSR count). The van der Waals surface area contributed by atoms with E-state index in [4.69, 9.17) is 0 Å². The Hall–Kier alpha value is -3.05. The number of piperidine rings is 1. The van der Waals surface area contributed by atoms with Gasteiger partial charge < -0.3 is 5.32 Å². The first-order valence-electron chi connectivity index (χ1n) is 12.6. The van der Waals surface area contributed by atoms with Crippen LogP contribution in [0.15, 0.2) is 88.7 Å². The summed E-state index contributed by atoms with van der Waals surface area (Å²) in [5.74, 6) is -0.477. The third kappa shape index (κ3) is 7.08. The first kappa shape index (κ1) is 28.0. The van der Waals surface area contributed by atoms with Crippen LogP contribution in [0.3, 0.4) is 0 Å². The van der Waals surface area contributed by atoms with Gasteiger partial charge in [0, 0.05) is 19.6 Å². The van der Waals surface area contributed by atoms with Crippen LogP contribution in [0.5, 0.6) is 0 Å². The molecular formula is C28H33N3O5S2. The highest BCUT2D eigenvalue weighted by atomic mass is 32.2. The highest BCUT2D eigenvalue weighted by Gasteiger charge is 2.27. The van der Waals surface area contributed by atoms with Crippen molar-refractivity contribution in [1.82, 2.24) is 14.3 Å². The Balaban J connectivity index is 1.45. The van der Waals surface area contributed by atoms with Gasteiger partial charge in [-0.1, -0.05) is 66.6 Å². The second-order valence-electron chi connectivity index (χ2n) is 9.50. The minimum absolute atomic E-state index is 0.0828. The van der Waals surface area contributed by atoms with E-state index in [0.29, 0.717) is 18.7 Å². The molecule has 3 aromatic carbocycles. The van der Waals surface area contributed by atoms with E-state index in [1.807, 2.05) is 37.3 Å². The molecule has 1 aliphatic rings. The topological polar surface area (TPSA) is 113 Å². The van der Waals surface area contributed by atoms with Crippen molar-refractivity contribution in [3.05, 3.63) is 95.6 Å². The minimum Gasteiger partial charge on any atom is -0.351 e. The van der Waals surface area contributed by atoms with Crippen LogP contribution in [0, 0.1) is 6.92 Å². The quantitative estimate of drug-likeness (QED) is 0.398. The van der Waals surface area contributed by atoms with Crippen LogP contribution in [-0.2, 0) is 37.8 Å². The Bertz CT molecular complexity index is 1430. The minimum atomic E-state index is -3.94.